The normalized spacial score (nSPS) is 10.1. The highest BCUT2D eigenvalue weighted by atomic mass is 14.1. The van der Waals surface area contributed by atoms with Gasteiger partial charge in [0.05, 0.1) is 0 Å². The molecule has 162 valence electrons. The predicted octanol–water partition coefficient (Wildman–Crippen LogP) is 7.79. The second kappa shape index (κ2) is 12.0. The molecule has 0 heteroatoms. The summed E-state index contributed by atoms with van der Waals surface area (Å²) in [6, 6.07) is 21.5. The third kappa shape index (κ3) is 6.64. The molecule has 0 radical (unpaired) electrons. The quantitative estimate of drug-likeness (QED) is 0.358. The fourth-order valence-electron chi connectivity index (χ4n) is 3.64. The molecule has 0 aliphatic heterocycles. The molecule has 0 fully saturated rings. The Bertz CT molecular complexity index is 1040. The van der Waals surface area contributed by atoms with Crippen molar-refractivity contribution in [2.24, 2.45) is 0 Å². The highest BCUT2D eigenvalue weighted by Crippen LogP contribution is 2.17. The third-order valence-electron chi connectivity index (χ3n) is 6.02. The lowest BCUT2D eigenvalue weighted by atomic mass is 9.98. The summed E-state index contributed by atoms with van der Waals surface area (Å²) in [6.07, 6.45) is 7.23. The van der Waals surface area contributed by atoms with Gasteiger partial charge in [0, 0.05) is 22.3 Å². The van der Waals surface area contributed by atoms with Gasteiger partial charge in [0.1, 0.15) is 0 Å². The predicted molar refractivity (Wildman–Crippen MR) is 138 cm³/mol. The van der Waals surface area contributed by atoms with E-state index in [1.807, 2.05) is 0 Å². The van der Waals surface area contributed by atoms with E-state index in [2.05, 4.69) is 112 Å². The maximum Gasteiger partial charge on any atom is 0.0281 e. The lowest BCUT2D eigenvalue weighted by Crippen LogP contribution is -1.92. The van der Waals surface area contributed by atoms with E-state index < -0.39 is 0 Å². The number of rotatable bonds is 6. The molecule has 0 spiro atoms. The molecular weight excluding hydrogens is 384 g/mol. The molecule has 0 nitrogen and oxygen atoms in total. The SMILES string of the molecule is CCCCc1ccc(C#Cc2ccc(C#Cc3ccc(CCCC)cc3)c(C)c2C)cc1. The van der Waals surface area contributed by atoms with Crippen molar-refractivity contribution >= 4 is 0 Å². The van der Waals surface area contributed by atoms with E-state index in [4.69, 9.17) is 0 Å². The van der Waals surface area contributed by atoms with Crippen molar-refractivity contribution in [3.05, 3.63) is 105 Å². The topological polar surface area (TPSA) is 0 Å². The molecule has 0 bridgehead atoms. The maximum atomic E-state index is 3.36. The number of aryl methyl sites for hydroxylation is 2. The van der Waals surface area contributed by atoms with Gasteiger partial charge < -0.3 is 0 Å². The molecular formula is C32H34. The van der Waals surface area contributed by atoms with E-state index in [0.717, 1.165) is 35.1 Å². The Kier molecular flexibility index (Phi) is 8.78. The lowest BCUT2D eigenvalue weighted by molar-refractivity contribution is 0.795. The summed E-state index contributed by atoms with van der Waals surface area (Å²) in [5.74, 6) is 13.4. The Balaban J connectivity index is 1.72. The van der Waals surface area contributed by atoms with E-state index in [9.17, 15) is 0 Å². The van der Waals surface area contributed by atoms with Crippen molar-refractivity contribution in [2.45, 2.75) is 66.2 Å². The average molecular weight is 419 g/mol. The zero-order valence-corrected chi connectivity index (χ0v) is 20.0. The van der Waals surface area contributed by atoms with Gasteiger partial charge in [-0.1, -0.05) is 74.6 Å². The first kappa shape index (κ1) is 23.4. The van der Waals surface area contributed by atoms with Crippen molar-refractivity contribution < 1.29 is 0 Å². The molecule has 0 aromatic heterocycles. The van der Waals surface area contributed by atoms with Gasteiger partial charge >= 0.3 is 0 Å². The third-order valence-corrected chi connectivity index (χ3v) is 6.02. The van der Waals surface area contributed by atoms with Crippen LogP contribution in [-0.2, 0) is 12.8 Å². The van der Waals surface area contributed by atoms with Crippen LogP contribution in [0.4, 0.5) is 0 Å². The molecule has 0 N–H and O–H groups in total. The highest BCUT2D eigenvalue weighted by molar-refractivity contribution is 5.55. The van der Waals surface area contributed by atoms with Crippen molar-refractivity contribution in [3.8, 4) is 23.7 Å². The molecule has 0 atom stereocenters. The molecule has 0 aliphatic rings. The van der Waals surface area contributed by atoms with Gasteiger partial charge in [-0.05, 0) is 98.2 Å². The van der Waals surface area contributed by atoms with Crippen LogP contribution in [0.15, 0.2) is 60.7 Å². The molecule has 3 rings (SSSR count). The highest BCUT2D eigenvalue weighted by Gasteiger charge is 2.03. The van der Waals surface area contributed by atoms with Gasteiger partial charge in [-0.25, -0.2) is 0 Å². The zero-order chi connectivity index (χ0) is 22.8. The van der Waals surface area contributed by atoms with Crippen LogP contribution in [0.2, 0.25) is 0 Å². The molecule has 0 saturated carbocycles. The van der Waals surface area contributed by atoms with Gasteiger partial charge in [0.15, 0.2) is 0 Å². The standard InChI is InChI=1S/C32H34/c1-5-7-9-27-11-15-29(16-12-27)19-21-31-23-24-32(26(4)25(31)3)22-20-30-17-13-28(14-18-30)10-8-6-2/h11-18,23-24H,5-10H2,1-4H3. The molecule has 3 aromatic carbocycles. The van der Waals surface area contributed by atoms with Gasteiger partial charge in [0.25, 0.3) is 0 Å². The van der Waals surface area contributed by atoms with Crippen LogP contribution in [0.1, 0.15) is 84.0 Å². The van der Waals surface area contributed by atoms with E-state index in [1.54, 1.807) is 0 Å². The number of hydrogen-bond donors (Lipinski definition) is 0. The van der Waals surface area contributed by atoms with E-state index in [0.29, 0.717) is 0 Å². The van der Waals surface area contributed by atoms with Gasteiger partial charge in [0.2, 0.25) is 0 Å². The largest absolute Gasteiger partial charge is 0.0654 e. The Labute approximate surface area is 195 Å². The van der Waals surface area contributed by atoms with E-state index >= 15 is 0 Å². The summed E-state index contributed by atoms with van der Waals surface area (Å²) < 4.78 is 0. The maximum absolute atomic E-state index is 3.36. The average Bonchev–Trinajstić information content (AvgIpc) is 2.83. The Morgan fingerprint density at radius 3 is 1.22 bits per heavy atom. The first-order valence-electron chi connectivity index (χ1n) is 11.9. The molecule has 32 heavy (non-hydrogen) atoms. The van der Waals surface area contributed by atoms with Gasteiger partial charge in [-0.15, -0.1) is 0 Å². The van der Waals surface area contributed by atoms with Crippen molar-refractivity contribution in [2.75, 3.05) is 0 Å². The lowest BCUT2D eigenvalue weighted by Gasteiger charge is -2.06. The molecule has 3 aromatic rings. The summed E-state index contributed by atoms with van der Waals surface area (Å²) >= 11 is 0. The number of unbranched alkanes of at least 4 members (excludes halogenated alkanes) is 2. The van der Waals surface area contributed by atoms with Crippen LogP contribution < -0.4 is 0 Å². The Morgan fingerprint density at radius 1 is 0.500 bits per heavy atom. The first-order valence-corrected chi connectivity index (χ1v) is 11.9. The van der Waals surface area contributed by atoms with E-state index in [-0.39, 0.29) is 0 Å². The van der Waals surface area contributed by atoms with Crippen LogP contribution in [-0.4, -0.2) is 0 Å². The fraction of sp³-hybridized carbons (Fsp3) is 0.312. The summed E-state index contributed by atoms with van der Waals surface area (Å²) in [4.78, 5) is 0. The second-order valence-corrected chi connectivity index (χ2v) is 8.51. The molecule has 0 unspecified atom stereocenters. The number of benzene rings is 3. The monoisotopic (exact) mass is 418 g/mol. The second-order valence-electron chi connectivity index (χ2n) is 8.51. The molecule has 0 saturated heterocycles. The van der Waals surface area contributed by atoms with Crippen LogP contribution in [0.5, 0.6) is 0 Å². The molecule has 0 aliphatic carbocycles. The molecule has 0 heterocycles. The van der Waals surface area contributed by atoms with Crippen molar-refractivity contribution in [1.29, 1.82) is 0 Å². The first-order chi connectivity index (χ1) is 15.6. The minimum absolute atomic E-state index is 1.06. The smallest absolute Gasteiger partial charge is 0.0281 e. The number of hydrogen-bond acceptors (Lipinski definition) is 0. The van der Waals surface area contributed by atoms with Gasteiger partial charge in [-0.2, -0.15) is 0 Å². The Morgan fingerprint density at radius 2 is 0.875 bits per heavy atom. The van der Waals surface area contributed by atoms with Gasteiger partial charge in [-0.3, -0.25) is 0 Å². The minimum atomic E-state index is 1.06. The van der Waals surface area contributed by atoms with Crippen LogP contribution in [0.3, 0.4) is 0 Å². The van der Waals surface area contributed by atoms with Crippen molar-refractivity contribution in [1.82, 2.24) is 0 Å². The van der Waals surface area contributed by atoms with Crippen LogP contribution >= 0.6 is 0 Å². The zero-order valence-electron chi connectivity index (χ0n) is 20.0. The van der Waals surface area contributed by atoms with Crippen LogP contribution in [0, 0.1) is 37.5 Å². The summed E-state index contributed by atoms with van der Waals surface area (Å²) in [5, 5.41) is 0. The molecule has 0 amide bonds. The Hall–Kier alpha value is -3.22. The van der Waals surface area contributed by atoms with Crippen molar-refractivity contribution in [3.63, 3.8) is 0 Å². The summed E-state index contributed by atoms with van der Waals surface area (Å²) in [5.41, 5.74) is 9.47. The van der Waals surface area contributed by atoms with Crippen LogP contribution in [0.25, 0.3) is 0 Å². The van der Waals surface area contributed by atoms with E-state index in [1.165, 1.54) is 47.9 Å². The summed E-state index contributed by atoms with van der Waals surface area (Å²) in [6.45, 7) is 8.74. The summed E-state index contributed by atoms with van der Waals surface area (Å²) in [7, 11) is 0. The fourth-order valence-corrected chi connectivity index (χ4v) is 3.64. The minimum Gasteiger partial charge on any atom is -0.0654 e.